The van der Waals surface area contributed by atoms with Crippen molar-refractivity contribution in [1.82, 2.24) is 0 Å². The number of ketones is 1. The van der Waals surface area contributed by atoms with Crippen molar-refractivity contribution in [3.63, 3.8) is 0 Å². The van der Waals surface area contributed by atoms with Crippen molar-refractivity contribution in [2.24, 2.45) is 5.92 Å². The van der Waals surface area contributed by atoms with E-state index in [-0.39, 0.29) is 17.6 Å². The van der Waals surface area contributed by atoms with Gasteiger partial charge in [-0.2, -0.15) is 5.26 Å². The van der Waals surface area contributed by atoms with Crippen molar-refractivity contribution < 1.29 is 14.3 Å². The maximum atomic E-state index is 13.1. The highest BCUT2D eigenvalue weighted by atomic mass is 16.5. The van der Waals surface area contributed by atoms with E-state index in [0.29, 0.717) is 29.9 Å². The Morgan fingerprint density at radius 2 is 1.79 bits per heavy atom. The summed E-state index contributed by atoms with van der Waals surface area (Å²) >= 11 is 0. The fourth-order valence-electron chi connectivity index (χ4n) is 4.12. The summed E-state index contributed by atoms with van der Waals surface area (Å²) in [6.07, 6.45) is 0.933. The fraction of sp³-hybridized carbons (Fsp3) is 0.261. The van der Waals surface area contributed by atoms with Gasteiger partial charge in [0, 0.05) is 24.3 Å². The molecule has 2 aromatic rings. The van der Waals surface area contributed by atoms with Gasteiger partial charge in [-0.25, -0.2) is 0 Å². The number of ether oxygens (including phenoxy) is 2. The van der Waals surface area contributed by atoms with E-state index in [1.807, 2.05) is 54.6 Å². The number of nitrogens with one attached hydrogen (secondary N) is 1. The van der Waals surface area contributed by atoms with Gasteiger partial charge in [-0.05, 0) is 29.2 Å². The lowest BCUT2D eigenvalue weighted by molar-refractivity contribution is -0.117. The van der Waals surface area contributed by atoms with Gasteiger partial charge in [0.1, 0.15) is 17.4 Å². The molecule has 1 heterocycles. The van der Waals surface area contributed by atoms with Crippen molar-refractivity contribution in [2.45, 2.75) is 24.7 Å². The van der Waals surface area contributed by atoms with Crippen LogP contribution in [-0.4, -0.2) is 18.8 Å². The largest absolute Gasteiger partial charge is 0.497 e. The summed E-state index contributed by atoms with van der Waals surface area (Å²) in [4.78, 5) is 13.1. The number of nitrogens with zero attached hydrogens (tertiary/aromatic N) is 1. The van der Waals surface area contributed by atoms with Crippen LogP contribution in [0.4, 0.5) is 0 Å². The lowest BCUT2D eigenvalue weighted by Gasteiger charge is -2.36. The Morgan fingerprint density at radius 3 is 2.43 bits per heavy atom. The van der Waals surface area contributed by atoms with E-state index in [0.717, 1.165) is 11.1 Å². The van der Waals surface area contributed by atoms with Gasteiger partial charge in [0.15, 0.2) is 5.78 Å². The minimum Gasteiger partial charge on any atom is -0.497 e. The number of carbonyl (C=O) groups excluding carboxylic acids is 1. The summed E-state index contributed by atoms with van der Waals surface area (Å²) in [5, 5.41) is 17.9. The Balaban J connectivity index is 1.77. The fourth-order valence-corrected chi connectivity index (χ4v) is 4.12. The highest BCUT2D eigenvalue weighted by molar-refractivity contribution is 6.02. The summed E-state index contributed by atoms with van der Waals surface area (Å²) in [5.74, 6) is -0.154. The highest BCUT2D eigenvalue weighted by Crippen LogP contribution is 2.46. The molecular weight excluding hydrogens is 352 g/mol. The third-order valence-electron chi connectivity index (χ3n) is 5.51. The van der Waals surface area contributed by atoms with Crippen LogP contribution in [0.3, 0.4) is 0 Å². The van der Waals surface area contributed by atoms with Crippen LogP contribution in [0.2, 0.25) is 0 Å². The van der Waals surface area contributed by atoms with Gasteiger partial charge in [0.25, 0.3) is 0 Å². The Morgan fingerprint density at radius 1 is 1.07 bits per heavy atom. The van der Waals surface area contributed by atoms with Gasteiger partial charge in [0.05, 0.1) is 13.2 Å². The molecule has 2 aliphatic rings. The quantitative estimate of drug-likeness (QED) is 0.869. The Kier molecular flexibility index (Phi) is 4.70. The molecule has 0 amide bonds. The number of nitriles is 1. The lowest BCUT2D eigenvalue weighted by Crippen LogP contribution is -2.36. The predicted octanol–water partition coefficient (Wildman–Crippen LogP) is 4.33. The number of hydrogen-bond donors (Lipinski definition) is 1. The topological polar surface area (TPSA) is 83.2 Å². The minimum atomic E-state index is -0.815. The first-order chi connectivity index (χ1) is 13.6. The number of hydrogen-bond acceptors (Lipinski definition) is 5. The van der Waals surface area contributed by atoms with Crippen molar-refractivity contribution in [1.29, 1.82) is 10.7 Å². The van der Waals surface area contributed by atoms with Crippen molar-refractivity contribution in [2.75, 3.05) is 7.11 Å². The highest BCUT2D eigenvalue weighted by Gasteiger charge is 2.44. The first kappa shape index (κ1) is 18.0. The molecule has 1 aliphatic carbocycles. The zero-order valence-corrected chi connectivity index (χ0v) is 15.5. The van der Waals surface area contributed by atoms with Crippen LogP contribution in [0.1, 0.15) is 35.8 Å². The van der Waals surface area contributed by atoms with Crippen molar-refractivity contribution in [3.8, 4) is 11.8 Å². The number of benzene rings is 2. The second-order valence-corrected chi connectivity index (χ2v) is 7.10. The molecule has 0 fully saturated rings. The van der Waals surface area contributed by atoms with Gasteiger partial charge in [-0.1, -0.05) is 42.5 Å². The molecule has 140 valence electrons. The smallest absolute Gasteiger partial charge is 0.205 e. The Labute approximate surface area is 163 Å². The molecular formula is C23H20N2O3. The molecule has 0 saturated carbocycles. The van der Waals surface area contributed by atoms with Crippen LogP contribution >= 0.6 is 0 Å². The van der Waals surface area contributed by atoms with E-state index in [1.165, 1.54) is 0 Å². The standard InChI is InChI=1S/C23H20N2O3/c1-27-17-9-7-15(8-10-17)21-18(13-24)23(25)28-20-12-16(11-19(26)22(20)21)14-5-3-2-4-6-14/h2-10,16,18,21,25H,11-12H2,1H3. The van der Waals surface area contributed by atoms with Crippen LogP contribution < -0.4 is 4.74 Å². The lowest BCUT2D eigenvalue weighted by atomic mass is 9.71. The summed E-state index contributed by atoms with van der Waals surface area (Å²) < 4.78 is 10.9. The summed E-state index contributed by atoms with van der Waals surface area (Å²) in [7, 11) is 1.59. The molecule has 0 aromatic heterocycles. The zero-order valence-electron chi connectivity index (χ0n) is 15.5. The molecule has 0 radical (unpaired) electrons. The molecule has 28 heavy (non-hydrogen) atoms. The maximum absolute atomic E-state index is 13.1. The van der Waals surface area contributed by atoms with Gasteiger partial charge >= 0.3 is 0 Å². The average molecular weight is 372 g/mol. The third kappa shape index (κ3) is 3.07. The molecule has 3 unspecified atom stereocenters. The minimum absolute atomic E-state index is 0.0105. The van der Waals surface area contributed by atoms with Crippen LogP contribution in [0.25, 0.3) is 0 Å². The molecule has 1 N–H and O–H groups in total. The van der Waals surface area contributed by atoms with Gasteiger partial charge in [0.2, 0.25) is 5.90 Å². The molecule has 1 aliphatic heterocycles. The molecule has 0 bridgehead atoms. The Bertz CT molecular complexity index is 987. The second kappa shape index (κ2) is 7.32. The van der Waals surface area contributed by atoms with Crippen molar-refractivity contribution >= 4 is 11.7 Å². The number of methoxy groups -OCH3 is 1. The van der Waals surface area contributed by atoms with Gasteiger partial charge in [-0.3, -0.25) is 10.2 Å². The van der Waals surface area contributed by atoms with Crippen LogP contribution in [-0.2, 0) is 9.53 Å². The van der Waals surface area contributed by atoms with E-state index in [9.17, 15) is 10.1 Å². The van der Waals surface area contributed by atoms with E-state index in [4.69, 9.17) is 14.9 Å². The first-order valence-corrected chi connectivity index (χ1v) is 9.23. The molecule has 2 aromatic carbocycles. The summed E-state index contributed by atoms with van der Waals surface area (Å²) in [6, 6.07) is 19.4. The van der Waals surface area contributed by atoms with Crippen LogP contribution in [0.15, 0.2) is 65.9 Å². The molecule has 4 rings (SSSR count). The average Bonchev–Trinajstić information content (AvgIpc) is 2.73. The monoisotopic (exact) mass is 372 g/mol. The number of Topliss-reactive ketones (excluding diaryl/α,β-unsaturated/α-hetero) is 1. The van der Waals surface area contributed by atoms with Gasteiger partial charge in [-0.15, -0.1) is 0 Å². The molecule has 5 heteroatoms. The number of allylic oxidation sites excluding steroid dienone is 2. The molecule has 5 nitrogen and oxygen atoms in total. The maximum Gasteiger partial charge on any atom is 0.205 e. The number of carbonyl (C=O) groups is 1. The van der Waals surface area contributed by atoms with Crippen molar-refractivity contribution in [3.05, 3.63) is 77.1 Å². The van der Waals surface area contributed by atoms with Crippen LogP contribution in [0.5, 0.6) is 5.75 Å². The summed E-state index contributed by atoms with van der Waals surface area (Å²) in [6.45, 7) is 0. The number of rotatable bonds is 3. The normalized spacial score (nSPS) is 24.2. The van der Waals surface area contributed by atoms with E-state index in [1.54, 1.807) is 7.11 Å². The first-order valence-electron chi connectivity index (χ1n) is 9.23. The third-order valence-corrected chi connectivity index (χ3v) is 5.51. The zero-order chi connectivity index (χ0) is 19.7. The van der Waals surface area contributed by atoms with Crippen LogP contribution in [0, 0.1) is 22.7 Å². The summed E-state index contributed by atoms with van der Waals surface area (Å²) in [5.41, 5.74) is 2.44. The molecule has 3 atom stereocenters. The van der Waals surface area contributed by atoms with Gasteiger partial charge < -0.3 is 9.47 Å². The van der Waals surface area contributed by atoms with E-state index >= 15 is 0 Å². The predicted molar refractivity (Wildman–Crippen MR) is 104 cm³/mol. The van der Waals surface area contributed by atoms with E-state index in [2.05, 4.69) is 6.07 Å². The van der Waals surface area contributed by atoms with E-state index < -0.39 is 11.8 Å². The molecule has 0 saturated heterocycles. The Hall–Kier alpha value is -3.39. The molecule has 0 spiro atoms. The second-order valence-electron chi connectivity index (χ2n) is 7.10. The SMILES string of the molecule is COc1ccc(C2C3=C(CC(c4ccccc4)CC3=O)OC(=N)C2C#N)cc1.